The van der Waals surface area contributed by atoms with Gasteiger partial charge in [-0.2, -0.15) is 18.3 Å². The van der Waals surface area contributed by atoms with Gasteiger partial charge in [-0.25, -0.2) is 4.98 Å². The lowest BCUT2D eigenvalue weighted by Gasteiger charge is -2.09. The van der Waals surface area contributed by atoms with Gasteiger partial charge in [0.1, 0.15) is 18.2 Å². The van der Waals surface area contributed by atoms with E-state index in [1.54, 1.807) is 30.3 Å². The maximum absolute atomic E-state index is 12.5. The van der Waals surface area contributed by atoms with Crippen LogP contribution in [0.5, 0.6) is 5.75 Å². The number of hydrazone groups is 1. The Bertz CT molecular complexity index is 1110. The van der Waals surface area contributed by atoms with E-state index in [2.05, 4.69) is 38.1 Å². The molecular formula is C20H14F3IN4O3. The molecule has 0 saturated heterocycles. The summed E-state index contributed by atoms with van der Waals surface area (Å²) in [5.74, 6) is 0.775. The molecule has 11 heteroatoms. The normalized spacial score (nSPS) is 11.5. The maximum atomic E-state index is 12.5. The highest BCUT2D eigenvalue weighted by Gasteiger charge is 2.30. The molecule has 1 N–H and O–H groups in total. The third-order valence-corrected chi connectivity index (χ3v) is 4.80. The quantitative estimate of drug-likeness (QED) is 0.181. The smallest absolute Gasteiger partial charge is 0.417 e. The number of aromatic nitrogens is 1. The predicted molar refractivity (Wildman–Crippen MR) is 117 cm³/mol. The van der Waals surface area contributed by atoms with Crippen LogP contribution in [0.15, 0.2) is 65.9 Å². The number of hydrogen-bond acceptors (Lipinski definition) is 6. The number of nitrogens with one attached hydrogen (secondary N) is 1. The lowest BCUT2D eigenvalue weighted by molar-refractivity contribution is -0.384. The van der Waals surface area contributed by atoms with Crippen LogP contribution in [0, 0.1) is 13.7 Å². The summed E-state index contributed by atoms with van der Waals surface area (Å²) >= 11 is 2.09. The van der Waals surface area contributed by atoms with Crippen molar-refractivity contribution >= 4 is 40.3 Å². The van der Waals surface area contributed by atoms with E-state index in [0.29, 0.717) is 11.3 Å². The summed E-state index contributed by atoms with van der Waals surface area (Å²) in [5.41, 5.74) is 3.13. The van der Waals surface area contributed by atoms with Crippen LogP contribution in [0.3, 0.4) is 0 Å². The molecule has 1 heterocycles. The minimum atomic E-state index is -4.44. The van der Waals surface area contributed by atoms with Crippen molar-refractivity contribution in [3.8, 4) is 5.75 Å². The van der Waals surface area contributed by atoms with Gasteiger partial charge in [0.15, 0.2) is 0 Å². The number of rotatable bonds is 7. The predicted octanol–water partition coefficient (Wildman–Crippen LogP) is 5.64. The molecule has 31 heavy (non-hydrogen) atoms. The zero-order valence-electron chi connectivity index (χ0n) is 15.6. The topological polar surface area (TPSA) is 89.7 Å². The molecule has 0 spiro atoms. The van der Waals surface area contributed by atoms with Crippen LogP contribution < -0.4 is 10.2 Å². The number of benzene rings is 2. The van der Waals surface area contributed by atoms with Crippen LogP contribution in [0.4, 0.5) is 24.7 Å². The first kappa shape index (κ1) is 22.5. The summed E-state index contributed by atoms with van der Waals surface area (Å²) in [6.45, 7) is 0.173. The first-order valence-electron chi connectivity index (χ1n) is 8.70. The Labute approximate surface area is 188 Å². The van der Waals surface area contributed by atoms with E-state index >= 15 is 0 Å². The molecule has 1 aromatic heterocycles. The zero-order valence-corrected chi connectivity index (χ0v) is 17.8. The molecule has 7 nitrogen and oxygen atoms in total. The highest BCUT2D eigenvalue weighted by atomic mass is 127. The molecular weight excluding hydrogens is 528 g/mol. The standard InChI is InChI=1S/C20H14F3IN4O3/c21-20(22,23)15-5-7-19(25-11-15)27-26-10-13-4-6-18(17(24)9-13)31-12-14-2-1-3-16(8-14)28(29)30/h1-11H,12H2,(H,25,27)/b26-10-. The Morgan fingerprint density at radius 3 is 2.65 bits per heavy atom. The third-order valence-electron chi connectivity index (χ3n) is 3.96. The summed E-state index contributed by atoms with van der Waals surface area (Å²) in [4.78, 5) is 14.1. The van der Waals surface area contributed by atoms with Gasteiger partial charge in [-0.15, -0.1) is 0 Å². The van der Waals surface area contributed by atoms with E-state index in [1.165, 1.54) is 24.4 Å². The maximum Gasteiger partial charge on any atom is 0.417 e. The first-order valence-corrected chi connectivity index (χ1v) is 9.78. The molecule has 0 radical (unpaired) electrons. The zero-order chi connectivity index (χ0) is 22.4. The fourth-order valence-corrected chi connectivity index (χ4v) is 3.13. The second kappa shape index (κ2) is 9.73. The lowest BCUT2D eigenvalue weighted by atomic mass is 10.2. The van der Waals surface area contributed by atoms with Crippen LogP contribution >= 0.6 is 22.6 Å². The van der Waals surface area contributed by atoms with Crippen LogP contribution in [0.2, 0.25) is 0 Å². The van der Waals surface area contributed by atoms with Gasteiger partial charge in [0, 0.05) is 18.3 Å². The van der Waals surface area contributed by atoms with Crippen molar-refractivity contribution in [3.63, 3.8) is 0 Å². The third kappa shape index (κ3) is 6.38. The van der Waals surface area contributed by atoms with Gasteiger partial charge < -0.3 is 4.74 Å². The SMILES string of the molecule is O=[N+]([O-])c1cccc(COc2ccc(/C=N\Nc3ccc(C(F)(F)F)cn3)cc2I)c1. The number of nitro benzene ring substituents is 1. The van der Waals surface area contributed by atoms with Crippen molar-refractivity contribution in [1.29, 1.82) is 0 Å². The van der Waals surface area contributed by atoms with Crippen LogP contribution in [0.25, 0.3) is 0 Å². The van der Waals surface area contributed by atoms with Gasteiger partial charge in [0.2, 0.25) is 0 Å². The van der Waals surface area contributed by atoms with E-state index in [4.69, 9.17) is 4.74 Å². The number of alkyl halides is 3. The molecule has 0 atom stereocenters. The molecule has 0 amide bonds. The molecule has 0 aliphatic heterocycles. The molecule has 0 bridgehead atoms. The van der Waals surface area contributed by atoms with E-state index in [-0.39, 0.29) is 18.1 Å². The highest BCUT2D eigenvalue weighted by molar-refractivity contribution is 14.1. The number of non-ortho nitro benzene ring substituents is 1. The molecule has 160 valence electrons. The van der Waals surface area contributed by atoms with Crippen molar-refractivity contribution in [2.24, 2.45) is 5.10 Å². The highest BCUT2D eigenvalue weighted by Crippen LogP contribution is 2.29. The molecule has 0 aliphatic rings. The van der Waals surface area contributed by atoms with Gasteiger partial charge in [0.05, 0.1) is 20.3 Å². The number of ether oxygens (including phenoxy) is 1. The van der Waals surface area contributed by atoms with Gasteiger partial charge in [-0.05, 0) is 64.0 Å². The van der Waals surface area contributed by atoms with Gasteiger partial charge in [-0.3, -0.25) is 15.5 Å². The Morgan fingerprint density at radius 1 is 1.19 bits per heavy atom. The number of hydrogen-bond donors (Lipinski definition) is 1. The monoisotopic (exact) mass is 542 g/mol. The summed E-state index contributed by atoms with van der Waals surface area (Å²) in [6, 6.07) is 13.6. The van der Waals surface area contributed by atoms with E-state index in [0.717, 1.165) is 21.4 Å². The van der Waals surface area contributed by atoms with Crippen molar-refractivity contribution in [2.45, 2.75) is 12.8 Å². The van der Waals surface area contributed by atoms with Crippen LogP contribution in [-0.4, -0.2) is 16.1 Å². The summed E-state index contributed by atoms with van der Waals surface area (Å²) in [5, 5.41) is 14.8. The summed E-state index contributed by atoms with van der Waals surface area (Å²) < 4.78 is 44.1. The number of nitro groups is 1. The fraction of sp³-hybridized carbons (Fsp3) is 0.100. The molecule has 3 rings (SSSR count). The Kier molecular flexibility index (Phi) is 7.05. The number of pyridine rings is 1. The Balaban J connectivity index is 1.59. The Hall–Kier alpha value is -3.22. The molecule has 2 aromatic carbocycles. The number of anilines is 1. The average molecular weight is 542 g/mol. The van der Waals surface area contributed by atoms with E-state index < -0.39 is 16.7 Å². The molecule has 0 saturated carbocycles. The van der Waals surface area contributed by atoms with Crippen molar-refractivity contribution in [1.82, 2.24) is 4.98 Å². The minimum Gasteiger partial charge on any atom is -0.488 e. The Morgan fingerprint density at radius 2 is 2.00 bits per heavy atom. The molecule has 0 unspecified atom stereocenters. The fourth-order valence-electron chi connectivity index (χ4n) is 2.44. The summed E-state index contributed by atoms with van der Waals surface area (Å²) in [6.07, 6.45) is -2.22. The minimum absolute atomic E-state index is 0.00241. The molecule has 0 aliphatic carbocycles. The van der Waals surface area contributed by atoms with Gasteiger partial charge in [-0.1, -0.05) is 12.1 Å². The largest absolute Gasteiger partial charge is 0.488 e. The molecule has 3 aromatic rings. The van der Waals surface area contributed by atoms with Crippen molar-refractivity contribution in [2.75, 3.05) is 5.43 Å². The lowest BCUT2D eigenvalue weighted by Crippen LogP contribution is -2.05. The average Bonchev–Trinajstić information content (AvgIpc) is 2.73. The van der Waals surface area contributed by atoms with Gasteiger partial charge >= 0.3 is 6.18 Å². The van der Waals surface area contributed by atoms with Gasteiger partial charge in [0.25, 0.3) is 5.69 Å². The van der Waals surface area contributed by atoms with Crippen molar-refractivity contribution < 1.29 is 22.8 Å². The molecule has 0 fully saturated rings. The van der Waals surface area contributed by atoms with Crippen LogP contribution in [0.1, 0.15) is 16.7 Å². The van der Waals surface area contributed by atoms with E-state index in [9.17, 15) is 23.3 Å². The van der Waals surface area contributed by atoms with Crippen molar-refractivity contribution in [3.05, 3.63) is 91.2 Å². The second-order valence-corrected chi connectivity index (χ2v) is 7.37. The van der Waals surface area contributed by atoms with E-state index in [1.807, 2.05) is 0 Å². The van der Waals surface area contributed by atoms with Crippen LogP contribution in [-0.2, 0) is 12.8 Å². The second-order valence-electron chi connectivity index (χ2n) is 6.21. The summed E-state index contributed by atoms with van der Waals surface area (Å²) in [7, 11) is 0. The number of halogens is 4. The number of nitrogens with zero attached hydrogens (tertiary/aromatic N) is 3. The first-order chi connectivity index (χ1) is 14.7.